The van der Waals surface area contributed by atoms with Crippen molar-refractivity contribution in [2.75, 3.05) is 4.90 Å². The minimum absolute atomic E-state index is 0.0250. The van der Waals surface area contributed by atoms with E-state index in [-0.39, 0.29) is 28.7 Å². The Morgan fingerprint density at radius 1 is 1.25 bits per heavy atom. The highest BCUT2D eigenvalue weighted by molar-refractivity contribution is 6.31. The van der Waals surface area contributed by atoms with Gasteiger partial charge >= 0.3 is 0 Å². The number of fused-ring (bicyclic) bond motifs is 1. The lowest BCUT2D eigenvalue weighted by Gasteiger charge is -2.29. The Balaban J connectivity index is 2.01. The molecule has 0 saturated heterocycles. The van der Waals surface area contributed by atoms with Crippen LogP contribution in [0.3, 0.4) is 0 Å². The highest BCUT2D eigenvalue weighted by atomic mass is 35.5. The lowest BCUT2D eigenvalue weighted by molar-refractivity contribution is 0.0986. The number of halogens is 3. The minimum atomic E-state index is -0.659. The molecule has 5 nitrogen and oxygen atoms in total. The summed E-state index contributed by atoms with van der Waals surface area (Å²) in [6.45, 7) is 6.31. The van der Waals surface area contributed by atoms with Gasteiger partial charge in [-0.15, -0.1) is 0 Å². The number of hydrogen-bond donors (Lipinski definition) is 0. The number of nitrogens with zero attached hydrogens (tertiary/aromatic N) is 4. The lowest BCUT2D eigenvalue weighted by atomic mass is 9.92. The summed E-state index contributed by atoms with van der Waals surface area (Å²) in [5, 5.41) is 14.2. The van der Waals surface area contributed by atoms with Crippen molar-refractivity contribution in [1.29, 1.82) is 5.26 Å². The Hall–Kier alpha value is -2.88. The van der Waals surface area contributed by atoms with E-state index in [2.05, 4.69) is 11.2 Å². The van der Waals surface area contributed by atoms with Crippen LogP contribution in [-0.2, 0) is 6.54 Å². The summed E-state index contributed by atoms with van der Waals surface area (Å²) in [5.41, 5.74) is 3.64. The van der Waals surface area contributed by atoms with Crippen LogP contribution >= 0.6 is 23.2 Å². The van der Waals surface area contributed by atoms with Crippen molar-refractivity contribution < 1.29 is 9.18 Å². The quantitative estimate of drug-likeness (QED) is 0.431. The monoisotopic (exact) mass is 470 g/mol. The Morgan fingerprint density at radius 3 is 2.66 bits per heavy atom. The summed E-state index contributed by atoms with van der Waals surface area (Å²) in [4.78, 5) is 15.1. The number of aromatic nitrogens is 2. The second kappa shape index (κ2) is 8.57. The Morgan fingerprint density at radius 2 is 2.00 bits per heavy atom. The molecule has 2 heterocycles. The van der Waals surface area contributed by atoms with E-state index in [1.54, 1.807) is 22.9 Å². The minimum Gasteiger partial charge on any atom is -0.292 e. The van der Waals surface area contributed by atoms with E-state index in [1.807, 2.05) is 32.9 Å². The molecular formula is C24H21Cl2FN4O. The zero-order valence-corrected chi connectivity index (χ0v) is 19.4. The van der Waals surface area contributed by atoms with Gasteiger partial charge < -0.3 is 0 Å². The van der Waals surface area contributed by atoms with Crippen LogP contribution in [0.5, 0.6) is 0 Å². The molecule has 1 atom stereocenters. The van der Waals surface area contributed by atoms with Crippen LogP contribution < -0.4 is 4.90 Å². The molecule has 2 aromatic carbocycles. The number of carbonyl (C=O) groups is 1. The Kier molecular flexibility index (Phi) is 5.98. The smallest absolute Gasteiger partial charge is 0.280 e. The van der Waals surface area contributed by atoms with Crippen LogP contribution in [0.1, 0.15) is 65.1 Å². The number of hydrogen-bond acceptors (Lipinski definition) is 3. The van der Waals surface area contributed by atoms with Crippen LogP contribution in [0.25, 0.3) is 0 Å². The number of anilines is 1. The molecule has 0 spiro atoms. The predicted molar refractivity (Wildman–Crippen MR) is 123 cm³/mol. The maximum absolute atomic E-state index is 15.1. The standard InChI is InChI=1S/C24H21Cl2FN4O/c1-13(2)22-19-21(29-30(22)11-5-10-28)24(32)31(18-7-4-6-17(26)20(18)27)23(19)16-9-8-15(25)12-14(16)3/h4,6-9,12-13,23H,5,11H2,1-3H3. The molecule has 1 aromatic heterocycles. The molecule has 1 aliphatic heterocycles. The zero-order valence-electron chi connectivity index (χ0n) is 17.9. The van der Waals surface area contributed by atoms with E-state index in [1.165, 1.54) is 11.0 Å². The van der Waals surface area contributed by atoms with Crippen molar-refractivity contribution in [3.63, 3.8) is 0 Å². The summed E-state index contributed by atoms with van der Waals surface area (Å²) in [6.07, 6.45) is 0.270. The zero-order chi connectivity index (χ0) is 23.2. The van der Waals surface area contributed by atoms with E-state index in [0.717, 1.165) is 22.4 Å². The number of amides is 1. The first-order chi connectivity index (χ1) is 15.3. The molecule has 1 unspecified atom stereocenters. The van der Waals surface area contributed by atoms with Crippen molar-refractivity contribution in [2.45, 2.75) is 45.7 Å². The third kappa shape index (κ3) is 3.56. The van der Waals surface area contributed by atoms with Gasteiger partial charge in [-0.05, 0) is 48.2 Å². The van der Waals surface area contributed by atoms with E-state index < -0.39 is 17.8 Å². The molecule has 1 aliphatic rings. The second-order valence-electron chi connectivity index (χ2n) is 8.09. The van der Waals surface area contributed by atoms with Crippen LogP contribution in [0.4, 0.5) is 10.1 Å². The third-order valence-corrected chi connectivity index (χ3v) is 6.21. The van der Waals surface area contributed by atoms with Gasteiger partial charge in [0.2, 0.25) is 0 Å². The molecule has 1 amide bonds. The molecule has 0 radical (unpaired) electrons. The van der Waals surface area contributed by atoms with Crippen molar-refractivity contribution in [2.24, 2.45) is 0 Å². The largest absolute Gasteiger partial charge is 0.292 e. The Bertz CT molecular complexity index is 1260. The predicted octanol–water partition coefficient (Wildman–Crippen LogP) is 6.42. The fourth-order valence-corrected chi connectivity index (χ4v) is 4.78. The van der Waals surface area contributed by atoms with E-state index >= 15 is 4.39 Å². The summed E-state index contributed by atoms with van der Waals surface area (Å²) in [5.74, 6) is -1.04. The summed E-state index contributed by atoms with van der Waals surface area (Å²) < 4.78 is 16.8. The van der Waals surface area contributed by atoms with Gasteiger partial charge in [-0.2, -0.15) is 10.4 Å². The van der Waals surface area contributed by atoms with Gasteiger partial charge in [0.05, 0.1) is 35.8 Å². The number of aryl methyl sites for hydroxylation is 2. The van der Waals surface area contributed by atoms with Crippen molar-refractivity contribution in [1.82, 2.24) is 9.78 Å². The van der Waals surface area contributed by atoms with E-state index in [0.29, 0.717) is 11.6 Å². The lowest BCUT2D eigenvalue weighted by Crippen LogP contribution is -2.31. The Labute approximate surface area is 196 Å². The molecule has 32 heavy (non-hydrogen) atoms. The third-order valence-electron chi connectivity index (χ3n) is 5.68. The molecule has 8 heteroatoms. The van der Waals surface area contributed by atoms with Crippen molar-refractivity contribution in [3.8, 4) is 6.07 Å². The first kappa shape index (κ1) is 22.3. The molecule has 3 aromatic rings. The molecule has 0 fully saturated rings. The highest BCUT2D eigenvalue weighted by Crippen LogP contribution is 2.47. The van der Waals surface area contributed by atoms with Crippen LogP contribution in [0.2, 0.25) is 10.0 Å². The van der Waals surface area contributed by atoms with E-state index in [9.17, 15) is 4.79 Å². The van der Waals surface area contributed by atoms with Crippen LogP contribution in [0, 0.1) is 24.1 Å². The molecule has 164 valence electrons. The summed E-state index contributed by atoms with van der Waals surface area (Å²) >= 11 is 12.2. The van der Waals surface area contributed by atoms with Gasteiger partial charge in [0.15, 0.2) is 11.5 Å². The molecule has 0 aliphatic carbocycles. The number of nitriles is 1. The maximum Gasteiger partial charge on any atom is 0.280 e. The first-order valence-corrected chi connectivity index (χ1v) is 11.0. The second-order valence-corrected chi connectivity index (χ2v) is 8.93. The maximum atomic E-state index is 15.1. The first-order valence-electron chi connectivity index (χ1n) is 10.3. The van der Waals surface area contributed by atoms with Crippen molar-refractivity contribution >= 4 is 34.8 Å². The van der Waals surface area contributed by atoms with E-state index in [4.69, 9.17) is 28.5 Å². The van der Waals surface area contributed by atoms with Crippen LogP contribution in [0.15, 0.2) is 36.4 Å². The fraction of sp³-hybridized carbons (Fsp3) is 0.292. The molecular weight excluding hydrogens is 450 g/mol. The number of carbonyl (C=O) groups excluding carboxylic acids is 1. The van der Waals surface area contributed by atoms with Gasteiger partial charge in [0.1, 0.15) is 0 Å². The number of benzene rings is 2. The average Bonchev–Trinajstić information content (AvgIpc) is 3.24. The van der Waals surface area contributed by atoms with Gasteiger partial charge in [-0.25, -0.2) is 4.39 Å². The molecule has 0 saturated carbocycles. The topological polar surface area (TPSA) is 61.9 Å². The molecule has 0 bridgehead atoms. The van der Waals surface area contributed by atoms with Crippen LogP contribution in [-0.4, -0.2) is 15.7 Å². The van der Waals surface area contributed by atoms with Gasteiger partial charge in [-0.3, -0.25) is 14.4 Å². The van der Waals surface area contributed by atoms with Gasteiger partial charge in [0, 0.05) is 16.3 Å². The van der Waals surface area contributed by atoms with Gasteiger partial charge in [-0.1, -0.05) is 49.2 Å². The SMILES string of the molecule is Cc1cc(Cl)ccc1C1c2c(nn(CCC#N)c2C(C)C)C(=O)N1c1cccc(Cl)c1F. The number of rotatable bonds is 5. The van der Waals surface area contributed by atoms with Crippen molar-refractivity contribution in [3.05, 3.63) is 80.3 Å². The average molecular weight is 471 g/mol. The summed E-state index contributed by atoms with van der Waals surface area (Å²) in [6, 6.07) is 11.6. The normalized spacial score (nSPS) is 15.4. The van der Waals surface area contributed by atoms with Gasteiger partial charge in [0.25, 0.3) is 5.91 Å². The summed E-state index contributed by atoms with van der Waals surface area (Å²) in [7, 11) is 0. The highest BCUT2D eigenvalue weighted by Gasteiger charge is 2.46. The fourth-order valence-electron chi connectivity index (χ4n) is 4.38. The molecule has 0 N–H and O–H groups in total. The molecule has 4 rings (SSSR count).